The number of para-hydroxylation sites is 1. The smallest absolute Gasteiger partial charge is 0.372 e. The molecule has 1 saturated heterocycles. The van der Waals surface area contributed by atoms with Crippen molar-refractivity contribution in [3.63, 3.8) is 0 Å². The molecule has 1 aliphatic rings. The number of nitrogens with two attached hydrogens (primary N) is 1. The van der Waals surface area contributed by atoms with Gasteiger partial charge in [-0.25, -0.2) is 4.79 Å². The average Bonchev–Trinajstić information content (AvgIpc) is 2.68. The number of carbonyl (C=O) groups excluding carboxylic acids is 2. The van der Waals surface area contributed by atoms with Crippen LogP contribution in [-0.4, -0.2) is 79.6 Å². The first-order valence-corrected chi connectivity index (χ1v) is 10.7. The number of nitrogens with one attached hydrogen (secondary N) is 1. The predicted octanol–water partition coefficient (Wildman–Crippen LogP) is 2.77. The lowest BCUT2D eigenvalue weighted by atomic mass is 10.3. The molecule has 2 rings (SSSR count). The Morgan fingerprint density at radius 2 is 1.87 bits per heavy atom. The average molecular weight is 449 g/mol. The van der Waals surface area contributed by atoms with Crippen LogP contribution in [0.5, 0.6) is 0 Å². The summed E-state index contributed by atoms with van der Waals surface area (Å²) in [6.45, 7) is 1.85. The number of hydrogen-bond acceptors (Lipinski definition) is 5. The van der Waals surface area contributed by atoms with E-state index in [2.05, 4.69) is 15.0 Å². The van der Waals surface area contributed by atoms with Gasteiger partial charge in [0.25, 0.3) is 0 Å². The third kappa shape index (κ3) is 9.23. The molecule has 0 bridgehead atoms. The molecule has 1 aromatic carbocycles. The van der Waals surface area contributed by atoms with Gasteiger partial charge in [0.2, 0.25) is 5.91 Å². The van der Waals surface area contributed by atoms with Crippen molar-refractivity contribution in [2.75, 3.05) is 57.0 Å². The number of urea groups is 1. The van der Waals surface area contributed by atoms with E-state index in [4.69, 9.17) is 5.73 Å². The second kappa shape index (κ2) is 12.0. The molecule has 30 heavy (non-hydrogen) atoms. The first-order chi connectivity index (χ1) is 14.2. The van der Waals surface area contributed by atoms with Crippen LogP contribution in [0.3, 0.4) is 0 Å². The van der Waals surface area contributed by atoms with Gasteiger partial charge < -0.3 is 20.7 Å². The molecule has 1 heterocycles. The van der Waals surface area contributed by atoms with Gasteiger partial charge in [-0.1, -0.05) is 12.1 Å². The minimum absolute atomic E-state index is 0.0599. The van der Waals surface area contributed by atoms with Crippen molar-refractivity contribution in [2.45, 2.75) is 23.9 Å². The number of primary amides is 1. The highest BCUT2D eigenvalue weighted by Gasteiger charge is 2.27. The summed E-state index contributed by atoms with van der Waals surface area (Å²) in [4.78, 5) is 28.2. The van der Waals surface area contributed by atoms with Crippen LogP contribution < -0.4 is 11.1 Å². The number of rotatable bonds is 10. The number of hydrogen-bond donors (Lipinski definition) is 2. The Balaban J connectivity index is 1.71. The van der Waals surface area contributed by atoms with Crippen LogP contribution in [0.2, 0.25) is 0 Å². The molecule has 0 unspecified atom stereocenters. The Morgan fingerprint density at radius 1 is 1.17 bits per heavy atom. The van der Waals surface area contributed by atoms with Gasteiger partial charge >= 0.3 is 12.2 Å². The van der Waals surface area contributed by atoms with Gasteiger partial charge in [0, 0.05) is 56.4 Å². The van der Waals surface area contributed by atoms with Gasteiger partial charge in [-0.05, 0) is 18.6 Å². The van der Waals surface area contributed by atoms with E-state index in [0.29, 0.717) is 50.6 Å². The summed E-state index contributed by atoms with van der Waals surface area (Å²) in [7, 11) is 0. The number of nitrogens with zero attached hydrogens (tertiary/aromatic N) is 2. The number of amides is 3. The first-order valence-electron chi connectivity index (χ1n) is 9.67. The summed E-state index contributed by atoms with van der Waals surface area (Å²) in [6.07, 6.45) is -3.52. The van der Waals surface area contributed by atoms with Gasteiger partial charge in [-0.3, -0.25) is 9.69 Å². The zero-order valence-electron chi connectivity index (χ0n) is 16.6. The van der Waals surface area contributed by atoms with E-state index in [9.17, 15) is 22.8 Å². The van der Waals surface area contributed by atoms with E-state index in [-0.39, 0.29) is 25.0 Å². The molecule has 1 aliphatic heterocycles. The minimum atomic E-state index is -4.29. The van der Waals surface area contributed by atoms with Crippen molar-refractivity contribution in [1.82, 2.24) is 9.80 Å². The van der Waals surface area contributed by atoms with Crippen LogP contribution in [0, 0.1) is 0 Å². The number of piperazine rings is 1. The molecule has 0 radical (unpaired) electrons. The monoisotopic (exact) mass is 448 g/mol. The largest absolute Gasteiger partial charge is 0.411 e. The Labute approximate surface area is 178 Å². The highest BCUT2D eigenvalue weighted by Crippen LogP contribution is 2.27. The lowest BCUT2D eigenvalue weighted by Crippen LogP contribution is -2.50. The maximum atomic E-state index is 12.6. The second-order valence-corrected chi connectivity index (χ2v) is 7.98. The van der Waals surface area contributed by atoms with E-state index in [1.807, 2.05) is 24.3 Å². The molecule has 0 saturated carbocycles. The zero-order chi connectivity index (χ0) is 22.0. The normalized spacial score (nSPS) is 15.2. The Bertz CT molecular complexity index is 698. The first kappa shape index (κ1) is 24.3. The van der Waals surface area contributed by atoms with Gasteiger partial charge in [0.1, 0.15) is 6.61 Å². The molecule has 1 aromatic rings. The topological polar surface area (TPSA) is 87.9 Å². The van der Waals surface area contributed by atoms with E-state index >= 15 is 0 Å². The van der Waals surface area contributed by atoms with Crippen LogP contribution in [-0.2, 0) is 9.53 Å². The van der Waals surface area contributed by atoms with Crippen LogP contribution in [0.1, 0.15) is 12.8 Å². The number of carbonyl (C=O) groups is 2. The van der Waals surface area contributed by atoms with Crippen molar-refractivity contribution < 1.29 is 27.5 Å². The standard InChI is InChI=1S/C19H27F3N4O3S/c20-19(21,22)14-29-12-3-7-25-8-10-26(11-9-25)18(28)24-15-4-1-2-5-16(15)30-13-6-17(23)27/h1-2,4-5H,3,6-14H2,(H2,23,27)(H,24,28). The molecule has 168 valence electrons. The number of ether oxygens (including phenoxy) is 1. The molecule has 1 fully saturated rings. The minimum Gasteiger partial charge on any atom is -0.372 e. The molecule has 0 atom stereocenters. The van der Waals surface area contributed by atoms with Gasteiger partial charge in [0.05, 0.1) is 5.69 Å². The molecular weight excluding hydrogens is 421 g/mol. The number of halogens is 3. The zero-order valence-corrected chi connectivity index (χ0v) is 17.4. The van der Waals surface area contributed by atoms with E-state index in [1.165, 1.54) is 11.8 Å². The summed E-state index contributed by atoms with van der Waals surface area (Å²) in [5.74, 6) is 0.168. The fourth-order valence-electron chi connectivity index (χ4n) is 2.90. The van der Waals surface area contributed by atoms with Crippen LogP contribution in [0.15, 0.2) is 29.2 Å². The number of anilines is 1. The maximum Gasteiger partial charge on any atom is 0.411 e. The van der Waals surface area contributed by atoms with Crippen LogP contribution in [0.4, 0.5) is 23.7 Å². The summed E-state index contributed by atoms with van der Waals surface area (Å²) in [5.41, 5.74) is 5.84. The summed E-state index contributed by atoms with van der Waals surface area (Å²) < 4.78 is 40.7. The lowest BCUT2D eigenvalue weighted by molar-refractivity contribution is -0.174. The highest BCUT2D eigenvalue weighted by atomic mass is 32.2. The predicted molar refractivity (Wildman–Crippen MR) is 110 cm³/mol. The van der Waals surface area contributed by atoms with E-state index in [1.54, 1.807) is 4.90 Å². The van der Waals surface area contributed by atoms with E-state index in [0.717, 1.165) is 4.90 Å². The van der Waals surface area contributed by atoms with Crippen molar-refractivity contribution >= 4 is 29.4 Å². The molecule has 0 aliphatic carbocycles. The summed E-state index contributed by atoms with van der Waals surface area (Å²) in [5, 5.41) is 2.91. The van der Waals surface area contributed by atoms with Gasteiger partial charge in [0.15, 0.2) is 0 Å². The summed E-state index contributed by atoms with van der Waals surface area (Å²) in [6, 6.07) is 7.17. The molecule has 0 aromatic heterocycles. The molecule has 7 nitrogen and oxygen atoms in total. The van der Waals surface area contributed by atoms with Crippen molar-refractivity contribution in [2.24, 2.45) is 5.73 Å². The quantitative estimate of drug-likeness (QED) is 0.425. The number of benzene rings is 1. The third-order valence-electron chi connectivity index (χ3n) is 4.42. The third-order valence-corrected chi connectivity index (χ3v) is 5.50. The van der Waals surface area contributed by atoms with Crippen LogP contribution >= 0.6 is 11.8 Å². The lowest BCUT2D eigenvalue weighted by Gasteiger charge is -2.34. The van der Waals surface area contributed by atoms with Gasteiger partial charge in [-0.2, -0.15) is 13.2 Å². The molecular formula is C19H27F3N4O3S. The van der Waals surface area contributed by atoms with Crippen LogP contribution in [0.25, 0.3) is 0 Å². The fourth-order valence-corrected chi connectivity index (χ4v) is 3.88. The molecule has 11 heteroatoms. The number of alkyl halides is 3. The molecule has 3 N–H and O–H groups in total. The van der Waals surface area contributed by atoms with Gasteiger partial charge in [-0.15, -0.1) is 11.8 Å². The second-order valence-electron chi connectivity index (χ2n) is 6.84. The van der Waals surface area contributed by atoms with Crippen molar-refractivity contribution in [3.05, 3.63) is 24.3 Å². The summed E-state index contributed by atoms with van der Waals surface area (Å²) >= 11 is 1.45. The van der Waals surface area contributed by atoms with Crippen molar-refractivity contribution in [1.29, 1.82) is 0 Å². The SMILES string of the molecule is NC(=O)CCSc1ccccc1NC(=O)N1CCN(CCCOCC(F)(F)F)CC1. The Hall–Kier alpha value is -1.98. The fraction of sp³-hybridized carbons (Fsp3) is 0.579. The number of thioether (sulfide) groups is 1. The van der Waals surface area contributed by atoms with E-state index < -0.39 is 12.8 Å². The Kier molecular flexibility index (Phi) is 9.73. The molecule has 0 spiro atoms. The Morgan fingerprint density at radius 3 is 2.53 bits per heavy atom. The molecule has 3 amide bonds. The highest BCUT2D eigenvalue weighted by molar-refractivity contribution is 7.99. The maximum absolute atomic E-state index is 12.6. The van der Waals surface area contributed by atoms with Crippen molar-refractivity contribution in [3.8, 4) is 0 Å².